The molecule has 0 spiro atoms. The lowest BCUT2D eigenvalue weighted by Gasteiger charge is -2.25. The molecule has 2 aliphatic heterocycles. The number of amides is 2. The summed E-state index contributed by atoms with van der Waals surface area (Å²) in [5.41, 5.74) is 4.15. The van der Waals surface area contributed by atoms with Crippen LogP contribution in [0.5, 0.6) is 11.5 Å². The number of nitrogens with zero attached hydrogens (tertiary/aromatic N) is 3. The van der Waals surface area contributed by atoms with Crippen LogP contribution in [-0.4, -0.2) is 112 Å². The molecule has 1 fully saturated rings. The van der Waals surface area contributed by atoms with Crippen molar-refractivity contribution in [1.29, 1.82) is 0 Å². The summed E-state index contributed by atoms with van der Waals surface area (Å²) in [6, 6.07) is 12.5. The van der Waals surface area contributed by atoms with Crippen LogP contribution in [0.3, 0.4) is 0 Å². The van der Waals surface area contributed by atoms with Crippen molar-refractivity contribution in [2.45, 2.75) is 18.5 Å². The number of likely N-dealkylation sites (tertiary alicyclic amines) is 1. The number of carbonyl (C=O) groups excluding carboxylic acids is 2. The number of para-hydroxylation sites is 2. The molecule has 5 rings (SSSR count). The molecule has 2 amide bonds. The van der Waals surface area contributed by atoms with Crippen molar-refractivity contribution in [3.63, 3.8) is 0 Å². The van der Waals surface area contributed by atoms with E-state index in [1.165, 1.54) is 11.6 Å². The van der Waals surface area contributed by atoms with Gasteiger partial charge in [0.1, 0.15) is 6.61 Å². The molecule has 3 heterocycles. The Labute approximate surface area is 270 Å². The van der Waals surface area contributed by atoms with Crippen molar-refractivity contribution in [1.82, 2.24) is 19.7 Å². The number of benzene rings is 2. The Bertz CT molecular complexity index is 1510. The van der Waals surface area contributed by atoms with E-state index in [0.717, 1.165) is 53.3 Å². The van der Waals surface area contributed by atoms with E-state index >= 15 is 0 Å². The van der Waals surface area contributed by atoms with Gasteiger partial charge in [0.15, 0.2) is 11.5 Å². The molecule has 1 aromatic heterocycles. The molecule has 0 saturated carbocycles. The van der Waals surface area contributed by atoms with Gasteiger partial charge in [-0.25, -0.2) is 0 Å². The Morgan fingerprint density at radius 2 is 1.78 bits per heavy atom. The molecule has 3 aromatic rings. The van der Waals surface area contributed by atoms with Gasteiger partial charge in [0.2, 0.25) is 18.6 Å². The molecular weight excluding hydrogens is 590 g/mol. The van der Waals surface area contributed by atoms with E-state index < -0.39 is 0 Å². The van der Waals surface area contributed by atoms with E-state index in [2.05, 4.69) is 64.0 Å². The zero-order valence-corrected chi connectivity index (χ0v) is 27.0. The lowest BCUT2D eigenvalue weighted by molar-refractivity contribution is -0.121. The maximum Gasteiger partial charge on any atom is 0.250 e. The summed E-state index contributed by atoms with van der Waals surface area (Å²) in [6.45, 7) is 8.45. The number of aryl methyl sites for hydroxylation is 1. The fourth-order valence-corrected chi connectivity index (χ4v) is 6.19. The summed E-state index contributed by atoms with van der Waals surface area (Å²) < 4.78 is 29.9. The Morgan fingerprint density at radius 1 is 1.02 bits per heavy atom. The van der Waals surface area contributed by atoms with Gasteiger partial charge >= 0.3 is 0 Å². The third kappa shape index (κ3) is 8.25. The molecule has 248 valence electrons. The summed E-state index contributed by atoms with van der Waals surface area (Å²) in [5.74, 6) is 1.49. The van der Waals surface area contributed by atoms with Crippen LogP contribution in [-0.2, 0) is 37.4 Å². The average Bonchev–Trinajstić information content (AvgIpc) is 3.78. The monoisotopic (exact) mass is 635 g/mol. The van der Waals surface area contributed by atoms with Gasteiger partial charge in [-0.05, 0) is 37.9 Å². The van der Waals surface area contributed by atoms with Crippen LogP contribution >= 0.6 is 0 Å². The quantitative estimate of drug-likeness (QED) is 0.171. The van der Waals surface area contributed by atoms with Crippen LogP contribution in [0.2, 0.25) is 0 Å². The minimum absolute atomic E-state index is 0.0746. The summed E-state index contributed by atoms with van der Waals surface area (Å²) in [4.78, 5) is 28.7. The minimum Gasteiger partial charge on any atom is -0.454 e. The molecule has 0 unspecified atom stereocenters. The minimum atomic E-state index is -0.227. The molecule has 46 heavy (non-hydrogen) atoms. The number of carbonyl (C=O) groups is 2. The first-order valence-corrected chi connectivity index (χ1v) is 15.6. The number of ether oxygens (including phenoxy) is 5. The SMILES string of the molecule is C=CC(=O)NCCOCCOCCOCC(=O)Nc1cccc2c([C@H]3CN(Cc4cccc5c4OCO5)C[C@@H]3N(C)C)cn(C)c12. The van der Waals surface area contributed by atoms with Gasteiger partial charge in [-0.3, -0.25) is 14.5 Å². The lowest BCUT2D eigenvalue weighted by Crippen LogP contribution is -2.34. The van der Waals surface area contributed by atoms with Gasteiger partial charge in [0.05, 0.1) is 44.2 Å². The maximum atomic E-state index is 12.8. The number of likely N-dealkylation sites (N-methyl/N-ethyl adjacent to an activating group) is 1. The zero-order valence-electron chi connectivity index (χ0n) is 27.0. The predicted molar refractivity (Wildman–Crippen MR) is 175 cm³/mol. The van der Waals surface area contributed by atoms with Crippen LogP contribution in [0, 0.1) is 0 Å². The molecule has 2 atom stereocenters. The topological polar surface area (TPSA) is 116 Å². The van der Waals surface area contributed by atoms with Gasteiger partial charge in [0.25, 0.3) is 0 Å². The molecule has 2 aromatic carbocycles. The van der Waals surface area contributed by atoms with Gasteiger partial charge in [-0.2, -0.15) is 0 Å². The van der Waals surface area contributed by atoms with Gasteiger partial charge in [-0.15, -0.1) is 0 Å². The van der Waals surface area contributed by atoms with Crippen molar-refractivity contribution >= 4 is 28.4 Å². The molecule has 2 aliphatic rings. The summed E-state index contributed by atoms with van der Waals surface area (Å²) >= 11 is 0. The van der Waals surface area contributed by atoms with E-state index in [1.54, 1.807) is 0 Å². The number of aromatic nitrogens is 1. The van der Waals surface area contributed by atoms with E-state index in [0.29, 0.717) is 39.0 Å². The Hall–Kier alpha value is -3.94. The molecule has 12 nitrogen and oxygen atoms in total. The largest absolute Gasteiger partial charge is 0.454 e. The van der Waals surface area contributed by atoms with Crippen LogP contribution < -0.4 is 20.1 Å². The van der Waals surface area contributed by atoms with Crippen molar-refractivity contribution in [3.8, 4) is 11.5 Å². The van der Waals surface area contributed by atoms with Gasteiger partial charge in [-0.1, -0.05) is 30.8 Å². The fourth-order valence-electron chi connectivity index (χ4n) is 6.19. The number of anilines is 1. The van der Waals surface area contributed by atoms with Gasteiger partial charge < -0.3 is 43.8 Å². The van der Waals surface area contributed by atoms with E-state index in [9.17, 15) is 9.59 Å². The van der Waals surface area contributed by atoms with Crippen LogP contribution in [0.15, 0.2) is 55.3 Å². The summed E-state index contributed by atoms with van der Waals surface area (Å²) in [7, 11) is 6.31. The van der Waals surface area contributed by atoms with Crippen molar-refractivity contribution in [3.05, 3.63) is 66.4 Å². The third-order valence-corrected chi connectivity index (χ3v) is 8.31. The molecular formula is C34H45N5O7. The lowest BCUT2D eigenvalue weighted by atomic mass is 9.93. The molecule has 0 bridgehead atoms. The number of nitrogens with one attached hydrogen (secondary N) is 2. The Kier molecular flexibility index (Phi) is 11.7. The second-order valence-electron chi connectivity index (χ2n) is 11.7. The Balaban J connectivity index is 1.13. The number of fused-ring (bicyclic) bond motifs is 2. The Morgan fingerprint density at radius 3 is 2.57 bits per heavy atom. The number of hydrogen-bond donors (Lipinski definition) is 2. The first-order valence-electron chi connectivity index (χ1n) is 15.6. The summed E-state index contributed by atoms with van der Waals surface area (Å²) in [6.07, 6.45) is 3.42. The highest BCUT2D eigenvalue weighted by atomic mass is 16.7. The maximum absolute atomic E-state index is 12.8. The standard InChI is InChI=1S/C34H45N5O7/c1-5-31(40)35-12-13-42-14-15-43-16-17-44-22-32(41)36-28-10-7-9-25-26(19-38(4)33(25)28)27-20-39(21-29(27)37(2)3)18-24-8-6-11-30-34(24)46-23-45-30/h5-11,19,27,29H,1,12-18,20-23H2,2-4H3,(H,35,40)(H,36,41)/t27-,29+/m1/s1. The second-order valence-corrected chi connectivity index (χ2v) is 11.7. The highest BCUT2D eigenvalue weighted by Crippen LogP contribution is 2.40. The van der Waals surface area contributed by atoms with Crippen LogP contribution in [0.1, 0.15) is 17.0 Å². The van der Waals surface area contributed by atoms with Crippen molar-refractivity contribution in [2.24, 2.45) is 7.05 Å². The third-order valence-electron chi connectivity index (χ3n) is 8.31. The normalized spacial score (nSPS) is 17.6. The van der Waals surface area contributed by atoms with Crippen molar-refractivity contribution in [2.75, 3.05) is 85.5 Å². The first-order chi connectivity index (χ1) is 22.4. The molecule has 1 saturated heterocycles. The molecule has 0 aliphatic carbocycles. The highest BCUT2D eigenvalue weighted by Gasteiger charge is 2.37. The summed E-state index contributed by atoms with van der Waals surface area (Å²) in [5, 5.41) is 6.81. The first kappa shape index (κ1) is 33.4. The number of hydrogen-bond acceptors (Lipinski definition) is 9. The van der Waals surface area contributed by atoms with Crippen LogP contribution in [0.4, 0.5) is 5.69 Å². The van der Waals surface area contributed by atoms with E-state index in [4.69, 9.17) is 23.7 Å². The smallest absolute Gasteiger partial charge is 0.250 e. The average molecular weight is 636 g/mol. The van der Waals surface area contributed by atoms with Crippen LogP contribution in [0.25, 0.3) is 10.9 Å². The van der Waals surface area contributed by atoms with Crippen molar-refractivity contribution < 1.29 is 33.3 Å². The zero-order chi connectivity index (χ0) is 32.5. The highest BCUT2D eigenvalue weighted by molar-refractivity contribution is 6.02. The number of rotatable bonds is 17. The molecule has 12 heteroatoms. The second kappa shape index (κ2) is 16.1. The van der Waals surface area contributed by atoms with Gasteiger partial charge in [0, 0.05) is 62.3 Å². The predicted octanol–water partition coefficient (Wildman–Crippen LogP) is 2.73. The molecule has 0 radical (unpaired) electrons. The fraction of sp³-hybridized carbons (Fsp3) is 0.471. The molecule has 2 N–H and O–H groups in total. The van der Waals surface area contributed by atoms with E-state index in [1.807, 2.05) is 31.3 Å². The van der Waals surface area contributed by atoms with E-state index in [-0.39, 0.29) is 37.7 Å².